The van der Waals surface area contributed by atoms with E-state index in [1.807, 2.05) is 6.07 Å². The largest absolute Gasteiger partial charge is 0.381 e. The average Bonchev–Trinajstić information content (AvgIpc) is 3.35. The van der Waals surface area contributed by atoms with Crippen LogP contribution in [0.4, 0.5) is 5.82 Å². The zero-order valence-electron chi connectivity index (χ0n) is 18.2. The molecule has 2 saturated heterocycles. The molecule has 1 aromatic carbocycles. The van der Waals surface area contributed by atoms with Gasteiger partial charge in [0.25, 0.3) is 15.9 Å². The number of benzene rings is 1. The fourth-order valence-electron chi connectivity index (χ4n) is 4.64. The molecule has 2 aliphatic rings. The molecular formula is C23H29N3O4S. The van der Waals surface area contributed by atoms with Gasteiger partial charge in [0.15, 0.2) is 0 Å². The van der Waals surface area contributed by atoms with Crippen molar-refractivity contribution in [2.45, 2.75) is 50.0 Å². The summed E-state index contributed by atoms with van der Waals surface area (Å²) in [4.78, 5) is 20.2. The molecule has 2 aromatic rings. The molecular weight excluding hydrogens is 414 g/mol. The van der Waals surface area contributed by atoms with Crippen LogP contribution in [-0.4, -0.2) is 44.6 Å². The first-order chi connectivity index (χ1) is 14.7. The Morgan fingerprint density at radius 1 is 1.19 bits per heavy atom. The molecule has 4 rings (SSSR count). The molecule has 3 heterocycles. The third-order valence-electron chi connectivity index (χ3n) is 6.10. The molecule has 1 aromatic heterocycles. The summed E-state index contributed by atoms with van der Waals surface area (Å²) >= 11 is 0. The van der Waals surface area contributed by atoms with Crippen molar-refractivity contribution in [3.05, 3.63) is 53.7 Å². The van der Waals surface area contributed by atoms with Crippen molar-refractivity contribution in [3.63, 3.8) is 0 Å². The number of anilines is 1. The Morgan fingerprint density at radius 3 is 2.55 bits per heavy atom. The number of pyridine rings is 1. The minimum absolute atomic E-state index is 0.0488. The van der Waals surface area contributed by atoms with Crippen LogP contribution in [0.2, 0.25) is 0 Å². The number of ether oxygens (including phenoxy) is 1. The maximum absolute atomic E-state index is 13.2. The van der Waals surface area contributed by atoms with Crippen molar-refractivity contribution in [1.29, 1.82) is 0 Å². The highest BCUT2D eigenvalue weighted by Gasteiger charge is 2.39. The molecule has 2 aliphatic heterocycles. The van der Waals surface area contributed by atoms with Crippen LogP contribution in [0.25, 0.3) is 0 Å². The summed E-state index contributed by atoms with van der Waals surface area (Å²) in [5.41, 5.74) is 0.958. The summed E-state index contributed by atoms with van der Waals surface area (Å²) < 4.78 is 33.2. The van der Waals surface area contributed by atoms with Crippen LogP contribution in [0.3, 0.4) is 0 Å². The van der Waals surface area contributed by atoms with E-state index >= 15 is 0 Å². The number of carbonyl (C=O) groups is 1. The van der Waals surface area contributed by atoms with E-state index in [9.17, 15) is 13.2 Å². The van der Waals surface area contributed by atoms with Crippen LogP contribution in [0.15, 0.2) is 47.4 Å². The SMILES string of the molecule is C[C@@H]1CN(c2nc(C3CCOC3)ccc2C(=O)NS(=O)(=O)c2ccccc2)C(C)(C)C1. The second kappa shape index (κ2) is 8.24. The van der Waals surface area contributed by atoms with Gasteiger partial charge in [-0.15, -0.1) is 0 Å². The predicted molar refractivity (Wildman–Crippen MR) is 119 cm³/mol. The fourth-order valence-corrected chi connectivity index (χ4v) is 5.62. The van der Waals surface area contributed by atoms with Gasteiger partial charge in [0, 0.05) is 30.3 Å². The van der Waals surface area contributed by atoms with E-state index in [1.165, 1.54) is 12.1 Å². The Hall–Kier alpha value is -2.45. The molecule has 2 fully saturated rings. The smallest absolute Gasteiger partial charge is 0.268 e. The molecule has 2 atom stereocenters. The quantitative estimate of drug-likeness (QED) is 0.763. The number of sulfonamides is 1. The standard InChI is InChI=1S/C23H29N3O4S/c1-16-13-23(2,3)26(14-16)21-19(9-10-20(24-21)17-11-12-30-15-17)22(27)25-31(28,29)18-7-5-4-6-8-18/h4-10,16-17H,11-15H2,1-3H3,(H,25,27)/t16-,17?/m0/s1. The Morgan fingerprint density at radius 2 is 1.94 bits per heavy atom. The number of carbonyl (C=O) groups excluding carboxylic acids is 1. The number of aromatic nitrogens is 1. The van der Waals surface area contributed by atoms with E-state index < -0.39 is 15.9 Å². The van der Waals surface area contributed by atoms with Crippen molar-refractivity contribution in [2.24, 2.45) is 5.92 Å². The van der Waals surface area contributed by atoms with Gasteiger partial charge < -0.3 is 9.64 Å². The summed E-state index contributed by atoms with van der Waals surface area (Å²) in [6, 6.07) is 11.4. The average molecular weight is 444 g/mol. The van der Waals surface area contributed by atoms with Gasteiger partial charge in [-0.3, -0.25) is 4.79 Å². The van der Waals surface area contributed by atoms with Crippen LogP contribution in [-0.2, 0) is 14.8 Å². The number of hydrogen-bond donors (Lipinski definition) is 1. The maximum Gasteiger partial charge on any atom is 0.268 e. The topological polar surface area (TPSA) is 88.6 Å². The molecule has 0 bridgehead atoms. The molecule has 31 heavy (non-hydrogen) atoms. The molecule has 1 unspecified atom stereocenters. The number of hydrogen-bond acceptors (Lipinski definition) is 6. The van der Waals surface area contributed by atoms with Crippen LogP contribution in [0, 0.1) is 5.92 Å². The van der Waals surface area contributed by atoms with Crippen LogP contribution < -0.4 is 9.62 Å². The highest BCUT2D eigenvalue weighted by molar-refractivity contribution is 7.90. The zero-order chi connectivity index (χ0) is 22.2. The predicted octanol–water partition coefficient (Wildman–Crippen LogP) is 3.33. The molecule has 0 spiro atoms. The van der Waals surface area contributed by atoms with E-state index in [-0.39, 0.29) is 21.9 Å². The molecule has 1 amide bonds. The third-order valence-corrected chi connectivity index (χ3v) is 7.45. The monoisotopic (exact) mass is 443 g/mol. The lowest BCUT2D eigenvalue weighted by atomic mass is 9.97. The maximum atomic E-state index is 13.2. The first kappa shape index (κ1) is 21.8. The molecule has 166 valence electrons. The molecule has 1 N–H and O–H groups in total. The Bertz CT molecular complexity index is 1060. The first-order valence-corrected chi connectivity index (χ1v) is 12.1. The van der Waals surface area contributed by atoms with Crippen LogP contribution >= 0.6 is 0 Å². The van der Waals surface area contributed by atoms with E-state index in [1.54, 1.807) is 24.3 Å². The summed E-state index contributed by atoms with van der Waals surface area (Å²) in [6.45, 7) is 8.51. The second-order valence-electron chi connectivity index (χ2n) is 9.15. The highest BCUT2D eigenvalue weighted by Crippen LogP contribution is 2.38. The molecule has 8 heteroatoms. The van der Waals surface area contributed by atoms with Crippen molar-refractivity contribution in [3.8, 4) is 0 Å². The van der Waals surface area contributed by atoms with Gasteiger partial charge in [-0.1, -0.05) is 25.1 Å². The van der Waals surface area contributed by atoms with Crippen molar-refractivity contribution < 1.29 is 17.9 Å². The van der Waals surface area contributed by atoms with E-state index in [4.69, 9.17) is 9.72 Å². The normalized spacial score (nSPS) is 23.1. The summed E-state index contributed by atoms with van der Waals surface area (Å²) in [5, 5.41) is 0. The van der Waals surface area contributed by atoms with E-state index in [2.05, 4.69) is 30.4 Å². The number of amides is 1. The highest BCUT2D eigenvalue weighted by atomic mass is 32.2. The van der Waals surface area contributed by atoms with Crippen molar-refractivity contribution in [1.82, 2.24) is 9.71 Å². The van der Waals surface area contributed by atoms with Gasteiger partial charge >= 0.3 is 0 Å². The lowest BCUT2D eigenvalue weighted by molar-refractivity contribution is 0.0981. The lowest BCUT2D eigenvalue weighted by Crippen LogP contribution is -2.41. The van der Waals surface area contributed by atoms with E-state index in [0.717, 1.165) is 25.1 Å². The Kier molecular flexibility index (Phi) is 5.79. The van der Waals surface area contributed by atoms with Crippen LogP contribution in [0.1, 0.15) is 55.6 Å². The summed E-state index contributed by atoms with van der Waals surface area (Å²) in [5.74, 6) is 0.502. The van der Waals surface area contributed by atoms with Crippen LogP contribution in [0.5, 0.6) is 0 Å². The van der Waals surface area contributed by atoms with Gasteiger partial charge in [0.2, 0.25) is 0 Å². The van der Waals surface area contributed by atoms with E-state index in [0.29, 0.717) is 24.9 Å². The summed E-state index contributed by atoms with van der Waals surface area (Å²) in [7, 11) is -3.98. The molecule has 7 nitrogen and oxygen atoms in total. The Balaban J connectivity index is 1.71. The minimum atomic E-state index is -3.98. The summed E-state index contributed by atoms with van der Waals surface area (Å²) in [6.07, 6.45) is 1.86. The van der Waals surface area contributed by atoms with Gasteiger partial charge in [-0.25, -0.2) is 18.1 Å². The Labute approximate surface area is 183 Å². The minimum Gasteiger partial charge on any atom is -0.381 e. The first-order valence-electron chi connectivity index (χ1n) is 10.7. The lowest BCUT2D eigenvalue weighted by Gasteiger charge is -2.34. The molecule has 0 saturated carbocycles. The van der Waals surface area contributed by atoms with Gasteiger partial charge in [0.1, 0.15) is 5.82 Å². The fraction of sp³-hybridized carbons (Fsp3) is 0.478. The number of nitrogens with one attached hydrogen (secondary N) is 1. The zero-order valence-corrected chi connectivity index (χ0v) is 19.0. The number of nitrogens with zero attached hydrogens (tertiary/aromatic N) is 2. The van der Waals surface area contributed by atoms with Gasteiger partial charge in [-0.05, 0) is 56.9 Å². The van der Waals surface area contributed by atoms with Gasteiger partial charge in [-0.2, -0.15) is 0 Å². The third kappa shape index (κ3) is 4.45. The van der Waals surface area contributed by atoms with Gasteiger partial charge in [0.05, 0.1) is 17.1 Å². The number of rotatable bonds is 5. The van der Waals surface area contributed by atoms with Crippen molar-refractivity contribution >= 4 is 21.7 Å². The second-order valence-corrected chi connectivity index (χ2v) is 10.8. The molecule has 0 aliphatic carbocycles. The van der Waals surface area contributed by atoms with Crippen molar-refractivity contribution in [2.75, 3.05) is 24.7 Å². The molecule has 0 radical (unpaired) electrons.